The zero-order chi connectivity index (χ0) is 25.7. The minimum atomic E-state index is -0.502. The Bertz CT molecular complexity index is 1260. The summed E-state index contributed by atoms with van der Waals surface area (Å²) in [6, 6.07) is 10.5. The summed E-state index contributed by atoms with van der Waals surface area (Å²) in [5.41, 5.74) is 2.45. The monoisotopic (exact) mass is 511 g/mol. The van der Waals surface area contributed by atoms with Gasteiger partial charge in [0.25, 0.3) is 5.91 Å². The molecule has 190 valence electrons. The van der Waals surface area contributed by atoms with Gasteiger partial charge < -0.3 is 24.8 Å². The van der Waals surface area contributed by atoms with Gasteiger partial charge in [-0.25, -0.2) is 4.68 Å². The van der Waals surface area contributed by atoms with Crippen LogP contribution in [0, 0.1) is 0 Å². The third-order valence-electron chi connectivity index (χ3n) is 5.97. The van der Waals surface area contributed by atoms with Gasteiger partial charge in [0.2, 0.25) is 5.95 Å². The molecule has 0 unspecified atom stereocenters. The maximum Gasteiger partial charge on any atom is 0.255 e. The number of carbonyl (C=O) groups is 1. The van der Waals surface area contributed by atoms with Crippen LogP contribution >= 0.6 is 11.6 Å². The molecule has 0 saturated carbocycles. The van der Waals surface area contributed by atoms with Crippen molar-refractivity contribution < 1.29 is 19.0 Å². The summed E-state index contributed by atoms with van der Waals surface area (Å²) >= 11 is 6.23. The van der Waals surface area contributed by atoms with E-state index in [1.54, 1.807) is 16.8 Å². The SMILES string of the molecule is CCCCCOc1ccc([C@@H]2C(C(=O)Nc3cc(OC)c(Cl)cc3OC)=C(C)Nc3ncnn32)cc1. The Labute approximate surface area is 215 Å². The van der Waals surface area contributed by atoms with E-state index in [-0.39, 0.29) is 5.91 Å². The van der Waals surface area contributed by atoms with E-state index in [1.807, 2.05) is 31.2 Å². The second-order valence-electron chi connectivity index (χ2n) is 8.36. The third kappa shape index (κ3) is 5.26. The van der Waals surface area contributed by atoms with Crippen LogP contribution in [0.3, 0.4) is 0 Å². The van der Waals surface area contributed by atoms with Crippen LogP contribution in [0.1, 0.15) is 44.7 Å². The molecule has 0 radical (unpaired) electrons. The molecule has 0 fully saturated rings. The van der Waals surface area contributed by atoms with Crippen molar-refractivity contribution in [3.63, 3.8) is 0 Å². The average Bonchev–Trinajstić information content (AvgIpc) is 3.35. The molecule has 36 heavy (non-hydrogen) atoms. The van der Waals surface area contributed by atoms with E-state index < -0.39 is 6.04 Å². The minimum absolute atomic E-state index is 0.325. The maximum atomic E-state index is 13.7. The van der Waals surface area contributed by atoms with Gasteiger partial charge in [-0.15, -0.1) is 0 Å². The van der Waals surface area contributed by atoms with Gasteiger partial charge in [-0.1, -0.05) is 43.5 Å². The second kappa shape index (κ2) is 11.3. The molecule has 1 aliphatic rings. The van der Waals surface area contributed by atoms with Crippen molar-refractivity contribution in [3.05, 3.63) is 64.6 Å². The van der Waals surface area contributed by atoms with Crippen molar-refractivity contribution in [1.29, 1.82) is 0 Å². The Morgan fingerprint density at radius 3 is 2.58 bits per heavy atom. The highest BCUT2D eigenvalue weighted by atomic mass is 35.5. The van der Waals surface area contributed by atoms with Crippen LogP contribution < -0.4 is 24.8 Å². The molecule has 1 atom stereocenters. The Balaban J connectivity index is 1.65. The number of benzene rings is 2. The predicted octanol–water partition coefficient (Wildman–Crippen LogP) is 5.45. The summed E-state index contributed by atoms with van der Waals surface area (Å²) in [6.07, 6.45) is 4.75. The Morgan fingerprint density at radius 2 is 1.89 bits per heavy atom. The molecule has 2 N–H and O–H groups in total. The van der Waals surface area contributed by atoms with E-state index in [0.717, 1.165) is 30.6 Å². The summed E-state index contributed by atoms with van der Waals surface area (Å²) < 4.78 is 18.3. The number of hydrogen-bond donors (Lipinski definition) is 2. The second-order valence-corrected chi connectivity index (χ2v) is 8.77. The van der Waals surface area contributed by atoms with Crippen molar-refractivity contribution in [3.8, 4) is 17.2 Å². The number of aromatic nitrogens is 3. The van der Waals surface area contributed by atoms with Gasteiger partial charge in [0.05, 0.1) is 37.1 Å². The molecule has 9 nitrogen and oxygen atoms in total. The fourth-order valence-electron chi connectivity index (χ4n) is 4.13. The number of unbranched alkanes of at least 4 members (excludes halogenated alkanes) is 2. The predicted molar refractivity (Wildman–Crippen MR) is 139 cm³/mol. The largest absolute Gasteiger partial charge is 0.495 e. The average molecular weight is 512 g/mol. The van der Waals surface area contributed by atoms with E-state index in [9.17, 15) is 4.79 Å². The van der Waals surface area contributed by atoms with Crippen molar-refractivity contribution in [2.75, 3.05) is 31.5 Å². The van der Waals surface area contributed by atoms with Gasteiger partial charge in [0.1, 0.15) is 29.6 Å². The van der Waals surface area contributed by atoms with Crippen LogP contribution in [0.15, 0.2) is 54.0 Å². The lowest BCUT2D eigenvalue weighted by molar-refractivity contribution is -0.113. The highest BCUT2D eigenvalue weighted by Crippen LogP contribution is 2.39. The van der Waals surface area contributed by atoms with Crippen LogP contribution in [0.5, 0.6) is 17.2 Å². The Hall–Kier alpha value is -3.72. The molecule has 0 spiro atoms. The minimum Gasteiger partial charge on any atom is -0.495 e. The topological polar surface area (TPSA) is 99.5 Å². The lowest BCUT2D eigenvalue weighted by Crippen LogP contribution is -2.31. The van der Waals surface area contributed by atoms with Gasteiger partial charge in [0.15, 0.2) is 0 Å². The lowest BCUT2D eigenvalue weighted by Gasteiger charge is -2.29. The number of ether oxygens (including phenoxy) is 3. The summed E-state index contributed by atoms with van der Waals surface area (Å²) in [5, 5.41) is 10.9. The normalized spacial score (nSPS) is 14.6. The summed E-state index contributed by atoms with van der Waals surface area (Å²) in [6.45, 7) is 4.67. The number of amides is 1. The molecule has 1 amide bonds. The molecular formula is C26H30ClN5O4. The van der Waals surface area contributed by atoms with Crippen molar-refractivity contribution in [2.24, 2.45) is 0 Å². The van der Waals surface area contributed by atoms with Gasteiger partial charge in [-0.2, -0.15) is 10.1 Å². The molecule has 10 heteroatoms. The van der Waals surface area contributed by atoms with Crippen LogP contribution in [0.2, 0.25) is 5.02 Å². The highest BCUT2D eigenvalue weighted by Gasteiger charge is 2.34. The number of methoxy groups -OCH3 is 2. The first kappa shape index (κ1) is 25.4. The van der Waals surface area contributed by atoms with Crippen LogP contribution in [-0.2, 0) is 4.79 Å². The van der Waals surface area contributed by atoms with Crippen molar-refractivity contribution in [1.82, 2.24) is 14.8 Å². The highest BCUT2D eigenvalue weighted by molar-refractivity contribution is 6.32. The number of anilines is 2. The van der Waals surface area contributed by atoms with Crippen LogP contribution in [-0.4, -0.2) is 41.5 Å². The summed E-state index contributed by atoms with van der Waals surface area (Å²) in [5.74, 6) is 1.85. The molecule has 2 aromatic carbocycles. The molecule has 0 aliphatic carbocycles. The number of nitrogens with one attached hydrogen (secondary N) is 2. The van der Waals surface area contributed by atoms with Gasteiger partial charge in [-0.3, -0.25) is 4.79 Å². The smallest absolute Gasteiger partial charge is 0.255 e. The standard InChI is InChI=1S/C26H30ClN5O4/c1-5-6-7-12-36-18-10-8-17(9-11-18)24-23(16(2)30-26-28-15-29-32(24)26)25(33)31-20-14-21(34-3)19(27)13-22(20)35-4/h8-11,13-15,24H,5-7,12H2,1-4H3,(H,31,33)(H,28,29,30)/t24-/m1/s1. The molecule has 2 heterocycles. The van der Waals surface area contributed by atoms with Crippen molar-refractivity contribution >= 4 is 29.1 Å². The Kier molecular flexibility index (Phi) is 8.00. The van der Waals surface area contributed by atoms with Gasteiger partial charge in [0, 0.05) is 17.8 Å². The molecule has 1 aliphatic heterocycles. The zero-order valence-electron chi connectivity index (χ0n) is 20.8. The molecule has 0 saturated heterocycles. The number of rotatable bonds is 10. The quantitative estimate of drug-likeness (QED) is 0.349. The third-order valence-corrected chi connectivity index (χ3v) is 6.27. The number of halogens is 1. The number of carbonyl (C=O) groups excluding carboxylic acids is 1. The summed E-state index contributed by atoms with van der Waals surface area (Å²) in [7, 11) is 3.02. The summed E-state index contributed by atoms with van der Waals surface area (Å²) in [4.78, 5) is 18.0. The van der Waals surface area contributed by atoms with E-state index >= 15 is 0 Å². The first-order valence-corrected chi connectivity index (χ1v) is 12.2. The van der Waals surface area contributed by atoms with E-state index in [0.29, 0.717) is 46.0 Å². The number of hydrogen-bond acceptors (Lipinski definition) is 7. The van der Waals surface area contributed by atoms with E-state index in [1.165, 1.54) is 20.5 Å². The fourth-order valence-corrected chi connectivity index (χ4v) is 4.36. The number of allylic oxidation sites excluding steroid dienone is 1. The maximum absolute atomic E-state index is 13.7. The Morgan fingerprint density at radius 1 is 1.14 bits per heavy atom. The first-order valence-electron chi connectivity index (χ1n) is 11.8. The zero-order valence-corrected chi connectivity index (χ0v) is 21.6. The molecule has 3 aromatic rings. The van der Waals surface area contributed by atoms with Crippen LogP contribution in [0.4, 0.5) is 11.6 Å². The molecule has 0 bridgehead atoms. The van der Waals surface area contributed by atoms with Crippen LogP contribution in [0.25, 0.3) is 0 Å². The van der Waals surface area contributed by atoms with Gasteiger partial charge in [-0.05, 0) is 31.0 Å². The lowest BCUT2D eigenvalue weighted by atomic mass is 9.95. The molecular weight excluding hydrogens is 482 g/mol. The molecule has 4 rings (SSSR count). The van der Waals surface area contributed by atoms with Gasteiger partial charge >= 0.3 is 0 Å². The van der Waals surface area contributed by atoms with Crippen molar-refractivity contribution in [2.45, 2.75) is 39.2 Å². The number of fused-ring (bicyclic) bond motifs is 1. The number of nitrogens with zero attached hydrogens (tertiary/aromatic N) is 3. The molecule has 1 aromatic heterocycles. The first-order chi connectivity index (χ1) is 17.5. The fraction of sp³-hybridized carbons (Fsp3) is 0.346. The van der Waals surface area contributed by atoms with E-state index in [4.69, 9.17) is 25.8 Å². The van der Waals surface area contributed by atoms with E-state index in [2.05, 4.69) is 27.6 Å².